The lowest BCUT2D eigenvalue weighted by molar-refractivity contribution is 0.0687. The van der Waals surface area contributed by atoms with Gasteiger partial charge < -0.3 is 5.11 Å². The fourth-order valence-electron chi connectivity index (χ4n) is 1.48. The second-order valence-electron chi connectivity index (χ2n) is 3.24. The van der Waals surface area contributed by atoms with Crippen molar-refractivity contribution in [1.29, 1.82) is 0 Å². The fourth-order valence-corrected chi connectivity index (χ4v) is 1.72. The molecule has 0 fully saturated rings. The van der Waals surface area contributed by atoms with E-state index in [1.807, 2.05) is 0 Å². The van der Waals surface area contributed by atoms with Gasteiger partial charge in [0.25, 0.3) is 0 Å². The van der Waals surface area contributed by atoms with Gasteiger partial charge in [0.15, 0.2) is 11.3 Å². The highest BCUT2D eigenvalue weighted by Gasteiger charge is 2.17. The quantitative estimate of drug-likeness (QED) is 0.802. The van der Waals surface area contributed by atoms with E-state index in [-0.39, 0.29) is 10.8 Å². The Labute approximate surface area is 90.3 Å². The number of fused-ring (bicyclic) bond motifs is 1. The molecule has 2 rings (SSSR count). The zero-order chi connectivity index (χ0) is 11.2. The van der Waals surface area contributed by atoms with E-state index in [9.17, 15) is 4.79 Å². The van der Waals surface area contributed by atoms with Crippen LogP contribution in [0.2, 0.25) is 5.15 Å². The van der Waals surface area contributed by atoms with E-state index in [0.717, 1.165) is 5.56 Å². The van der Waals surface area contributed by atoms with Gasteiger partial charge in [-0.15, -0.1) is 0 Å². The van der Waals surface area contributed by atoms with Gasteiger partial charge in [-0.3, -0.25) is 0 Å². The summed E-state index contributed by atoms with van der Waals surface area (Å²) in [6, 6.07) is 1.65. The molecule has 0 aliphatic rings. The molecular formula is C9H8ClN3O2. The van der Waals surface area contributed by atoms with E-state index < -0.39 is 5.97 Å². The van der Waals surface area contributed by atoms with Gasteiger partial charge in [-0.2, -0.15) is 5.10 Å². The topological polar surface area (TPSA) is 67.5 Å². The molecule has 2 heterocycles. The van der Waals surface area contributed by atoms with E-state index in [0.29, 0.717) is 11.3 Å². The third kappa shape index (κ3) is 1.45. The number of halogens is 1. The van der Waals surface area contributed by atoms with E-state index in [1.54, 1.807) is 19.9 Å². The van der Waals surface area contributed by atoms with E-state index in [2.05, 4.69) is 10.1 Å². The number of imidazole rings is 1. The third-order valence-electron chi connectivity index (χ3n) is 2.12. The van der Waals surface area contributed by atoms with Crippen LogP contribution in [0.3, 0.4) is 0 Å². The predicted octanol–water partition coefficient (Wildman–Crippen LogP) is 1.70. The molecule has 0 saturated heterocycles. The Morgan fingerprint density at radius 3 is 2.80 bits per heavy atom. The van der Waals surface area contributed by atoms with Gasteiger partial charge >= 0.3 is 5.97 Å². The number of aromatic carboxylic acids is 1. The lowest BCUT2D eigenvalue weighted by atomic mass is 10.3. The minimum Gasteiger partial charge on any atom is -0.476 e. The average molecular weight is 226 g/mol. The van der Waals surface area contributed by atoms with Crippen molar-refractivity contribution >= 4 is 23.2 Å². The van der Waals surface area contributed by atoms with Crippen molar-refractivity contribution in [2.24, 2.45) is 0 Å². The Hall–Kier alpha value is -1.62. The standard InChI is InChI=1S/C9H8ClN3O2/c1-4-3-6(10)12-13-7(9(14)15)5(2)11-8(4)13/h3H,1-2H3,(H,14,15). The Bertz CT molecular complexity index is 562. The second kappa shape index (κ2) is 3.20. The number of aryl methyl sites for hydroxylation is 2. The van der Waals surface area contributed by atoms with Crippen LogP contribution in [0.25, 0.3) is 5.65 Å². The molecule has 6 heteroatoms. The summed E-state index contributed by atoms with van der Waals surface area (Å²) in [6.07, 6.45) is 0. The molecule has 78 valence electrons. The molecule has 0 saturated carbocycles. The molecule has 0 bridgehead atoms. The highest BCUT2D eigenvalue weighted by molar-refractivity contribution is 6.29. The van der Waals surface area contributed by atoms with Gasteiger partial charge in [-0.1, -0.05) is 11.6 Å². The molecule has 0 radical (unpaired) electrons. The first-order chi connectivity index (χ1) is 7.00. The molecule has 1 N–H and O–H groups in total. The maximum absolute atomic E-state index is 11.0. The fraction of sp³-hybridized carbons (Fsp3) is 0.222. The van der Waals surface area contributed by atoms with Crippen LogP contribution in [0.1, 0.15) is 21.7 Å². The number of carboxylic acids is 1. The SMILES string of the molecule is Cc1nc2c(C)cc(Cl)nn2c1C(=O)O. The predicted molar refractivity (Wildman–Crippen MR) is 54.4 cm³/mol. The molecule has 2 aromatic rings. The summed E-state index contributed by atoms with van der Waals surface area (Å²) in [5, 5.41) is 13.2. The molecule has 0 unspecified atom stereocenters. The zero-order valence-corrected chi connectivity index (χ0v) is 8.91. The van der Waals surface area contributed by atoms with Crippen LogP contribution >= 0.6 is 11.6 Å². The van der Waals surface area contributed by atoms with Crippen LogP contribution in [-0.4, -0.2) is 25.7 Å². The van der Waals surface area contributed by atoms with Crippen molar-refractivity contribution in [1.82, 2.24) is 14.6 Å². The monoisotopic (exact) mass is 225 g/mol. The Morgan fingerprint density at radius 2 is 2.20 bits per heavy atom. The normalized spacial score (nSPS) is 10.9. The van der Waals surface area contributed by atoms with Crippen molar-refractivity contribution in [3.05, 3.63) is 28.2 Å². The summed E-state index contributed by atoms with van der Waals surface area (Å²) in [4.78, 5) is 15.1. The van der Waals surface area contributed by atoms with Gasteiger partial charge in [-0.25, -0.2) is 14.3 Å². The van der Waals surface area contributed by atoms with Crippen LogP contribution < -0.4 is 0 Å². The zero-order valence-electron chi connectivity index (χ0n) is 8.15. The molecule has 15 heavy (non-hydrogen) atoms. The van der Waals surface area contributed by atoms with Crippen LogP contribution in [0.5, 0.6) is 0 Å². The van der Waals surface area contributed by atoms with Crippen molar-refractivity contribution in [3.8, 4) is 0 Å². The Balaban J connectivity index is 2.93. The molecule has 0 aromatic carbocycles. The Kier molecular flexibility index (Phi) is 2.12. The number of hydrogen-bond acceptors (Lipinski definition) is 3. The summed E-state index contributed by atoms with van der Waals surface area (Å²) in [6.45, 7) is 3.44. The van der Waals surface area contributed by atoms with Crippen molar-refractivity contribution in [3.63, 3.8) is 0 Å². The maximum atomic E-state index is 11.0. The largest absolute Gasteiger partial charge is 0.476 e. The first-order valence-corrected chi connectivity index (χ1v) is 4.64. The molecule has 0 aliphatic heterocycles. The van der Waals surface area contributed by atoms with E-state index in [4.69, 9.17) is 16.7 Å². The minimum absolute atomic E-state index is 0.0515. The molecule has 2 aromatic heterocycles. The number of hydrogen-bond donors (Lipinski definition) is 1. The van der Waals surface area contributed by atoms with Crippen LogP contribution in [-0.2, 0) is 0 Å². The number of rotatable bonds is 1. The highest BCUT2D eigenvalue weighted by Crippen LogP contribution is 2.17. The molecular weight excluding hydrogens is 218 g/mol. The van der Waals surface area contributed by atoms with E-state index >= 15 is 0 Å². The van der Waals surface area contributed by atoms with Gasteiger partial charge in [0, 0.05) is 0 Å². The maximum Gasteiger partial charge on any atom is 0.356 e. The van der Waals surface area contributed by atoms with Gasteiger partial charge in [0.2, 0.25) is 0 Å². The van der Waals surface area contributed by atoms with Gasteiger partial charge in [0.05, 0.1) is 5.69 Å². The van der Waals surface area contributed by atoms with Crippen LogP contribution in [0.4, 0.5) is 0 Å². The Morgan fingerprint density at radius 1 is 1.53 bits per heavy atom. The number of nitrogens with zero attached hydrogens (tertiary/aromatic N) is 3. The number of carbonyl (C=O) groups is 1. The highest BCUT2D eigenvalue weighted by atomic mass is 35.5. The summed E-state index contributed by atoms with van der Waals surface area (Å²) in [5.74, 6) is -1.06. The summed E-state index contributed by atoms with van der Waals surface area (Å²) >= 11 is 5.76. The molecule has 0 amide bonds. The first kappa shape index (κ1) is 9.92. The summed E-state index contributed by atoms with van der Waals surface area (Å²) in [5.41, 5.74) is 1.80. The molecule has 0 aliphatic carbocycles. The molecule has 5 nitrogen and oxygen atoms in total. The van der Waals surface area contributed by atoms with E-state index in [1.165, 1.54) is 4.52 Å². The van der Waals surface area contributed by atoms with Crippen LogP contribution in [0.15, 0.2) is 6.07 Å². The van der Waals surface area contributed by atoms with Crippen molar-refractivity contribution < 1.29 is 9.90 Å². The summed E-state index contributed by atoms with van der Waals surface area (Å²) < 4.78 is 1.26. The third-order valence-corrected chi connectivity index (χ3v) is 2.30. The van der Waals surface area contributed by atoms with Crippen molar-refractivity contribution in [2.45, 2.75) is 13.8 Å². The first-order valence-electron chi connectivity index (χ1n) is 4.26. The smallest absolute Gasteiger partial charge is 0.356 e. The average Bonchev–Trinajstić information content (AvgIpc) is 2.41. The van der Waals surface area contributed by atoms with Gasteiger partial charge in [-0.05, 0) is 25.5 Å². The number of carboxylic acid groups (broad SMARTS) is 1. The molecule has 0 atom stereocenters. The lowest BCUT2D eigenvalue weighted by Gasteiger charge is -1.99. The van der Waals surface area contributed by atoms with Gasteiger partial charge in [0.1, 0.15) is 5.15 Å². The molecule has 0 spiro atoms. The van der Waals surface area contributed by atoms with Crippen LogP contribution in [0, 0.1) is 13.8 Å². The van der Waals surface area contributed by atoms with Crippen molar-refractivity contribution in [2.75, 3.05) is 0 Å². The minimum atomic E-state index is -1.06. The lowest BCUT2D eigenvalue weighted by Crippen LogP contribution is -2.06. The second-order valence-corrected chi connectivity index (χ2v) is 3.62. The number of aromatic nitrogens is 3. The summed E-state index contributed by atoms with van der Waals surface area (Å²) in [7, 11) is 0.